The van der Waals surface area contributed by atoms with Gasteiger partial charge in [-0.05, 0) is 64.5 Å². The number of benzene rings is 1. The molecule has 186 valence electrons. The van der Waals surface area contributed by atoms with Crippen molar-refractivity contribution in [3.63, 3.8) is 0 Å². The molecule has 1 saturated heterocycles. The second-order valence-electron chi connectivity index (χ2n) is 10.8. The molecule has 1 aliphatic heterocycles. The van der Waals surface area contributed by atoms with E-state index in [-0.39, 0.29) is 23.8 Å². The van der Waals surface area contributed by atoms with Crippen LogP contribution in [0.4, 0.5) is 0 Å². The molecule has 0 radical (unpaired) electrons. The zero-order valence-corrected chi connectivity index (χ0v) is 21.1. The van der Waals surface area contributed by atoms with E-state index in [9.17, 15) is 19.6 Å². The molecule has 2 aromatic rings. The summed E-state index contributed by atoms with van der Waals surface area (Å²) in [6.45, 7) is 5.57. The lowest BCUT2D eigenvalue weighted by molar-refractivity contribution is -0.131. The van der Waals surface area contributed by atoms with Crippen LogP contribution in [-0.2, 0) is 9.59 Å². The first-order valence-corrected chi connectivity index (χ1v) is 12.5. The molecule has 0 bridgehead atoms. The van der Waals surface area contributed by atoms with E-state index in [2.05, 4.69) is 27.0 Å². The summed E-state index contributed by atoms with van der Waals surface area (Å²) >= 11 is 6.22. The molecule has 1 aliphatic carbocycles. The predicted molar refractivity (Wildman–Crippen MR) is 134 cm³/mol. The summed E-state index contributed by atoms with van der Waals surface area (Å²) in [5.74, 6) is -0.925. The highest BCUT2D eigenvalue weighted by atomic mass is 35.5. The van der Waals surface area contributed by atoms with Gasteiger partial charge in [0, 0.05) is 16.8 Å². The molecular formula is C26H32ClN5O3. The van der Waals surface area contributed by atoms with E-state index in [4.69, 9.17) is 11.6 Å². The van der Waals surface area contributed by atoms with Crippen molar-refractivity contribution in [2.75, 3.05) is 0 Å². The predicted octanol–water partition coefficient (Wildman–Crippen LogP) is 3.81. The first kappa shape index (κ1) is 25.1. The minimum atomic E-state index is -1.23. The number of carbonyl (C=O) groups excluding carboxylic acids is 3. The molecule has 2 heterocycles. The highest BCUT2D eigenvalue weighted by molar-refractivity contribution is 6.35. The number of amides is 3. The van der Waals surface area contributed by atoms with Gasteiger partial charge >= 0.3 is 0 Å². The Kier molecular flexibility index (Phi) is 6.83. The Hall–Kier alpha value is -3.05. The monoisotopic (exact) mass is 497 g/mol. The molecule has 1 aromatic carbocycles. The number of carbonyl (C=O) groups is 3. The summed E-state index contributed by atoms with van der Waals surface area (Å²) in [7, 11) is 0. The Morgan fingerprint density at radius 1 is 1.31 bits per heavy atom. The van der Waals surface area contributed by atoms with Crippen molar-refractivity contribution in [3.05, 3.63) is 35.0 Å². The summed E-state index contributed by atoms with van der Waals surface area (Å²) in [5.41, 5.74) is -0.534. The smallest absolute Gasteiger partial charge is 0.268 e. The number of H-pyrrole nitrogens is 1. The normalized spacial score (nSPS) is 21.9. The van der Waals surface area contributed by atoms with Crippen molar-refractivity contribution in [1.29, 1.82) is 5.26 Å². The number of rotatable bonds is 8. The number of halogens is 1. The van der Waals surface area contributed by atoms with Gasteiger partial charge in [0.2, 0.25) is 11.8 Å². The number of para-hydroxylation sites is 1. The highest BCUT2D eigenvalue weighted by Crippen LogP contribution is 2.34. The van der Waals surface area contributed by atoms with Crippen LogP contribution in [0.5, 0.6) is 0 Å². The van der Waals surface area contributed by atoms with Crippen molar-refractivity contribution in [2.45, 2.75) is 76.4 Å². The van der Waals surface area contributed by atoms with E-state index in [1.807, 2.05) is 19.9 Å². The van der Waals surface area contributed by atoms with Crippen LogP contribution in [0.15, 0.2) is 24.3 Å². The van der Waals surface area contributed by atoms with Crippen LogP contribution in [0.1, 0.15) is 69.8 Å². The lowest BCUT2D eigenvalue weighted by Gasteiger charge is -2.37. The van der Waals surface area contributed by atoms with Gasteiger partial charge in [-0.15, -0.1) is 0 Å². The lowest BCUT2D eigenvalue weighted by Crippen LogP contribution is -2.57. The van der Waals surface area contributed by atoms with Crippen molar-refractivity contribution in [3.8, 4) is 6.07 Å². The minimum absolute atomic E-state index is 0.0997. The number of fused-ring (bicyclic) bond motifs is 1. The van der Waals surface area contributed by atoms with Gasteiger partial charge in [-0.1, -0.05) is 36.6 Å². The maximum atomic E-state index is 13.3. The van der Waals surface area contributed by atoms with E-state index in [0.29, 0.717) is 35.0 Å². The Morgan fingerprint density at radius 3 is 2.69 bits per heavy atom. The molecule has 4 N–H and O–H groups in total. The second kappa shape index (κ2) is 9.54. The molecule has 1 saturated carbocycles. The zero-order valence-electron chi connectivity index (χ0n) is 20.3. The van der Waals surface area contributed by atoms with E-state index in [1.54, 1.807) is 25.1 Å². The van der Waals surface area contributed by atoms with Crippen molar-refractivity contribution < 1.29 is 14.4 Å². The number of aromatic amines is 1. The van der Waals surface area contributed by atoms with Crippen LogP contribution in [0.2, 0.25) is 5.02 Å². The molecule has 0 spiro atoms. The average molecular weight is 498 g/mol. The van der Waals surface area contributed by atoms with Crippen LogP contribution in [0, 0.1) is 23.2 Å². The zero-order chi connectivity index (χ0) is 25.4. The van der Waals surface area contributed by atoms with E-state index in [0.717, 1.165) is 24.6 Å². The van der Waals surface area contributed by atoms with Gasteiger partial charge in [0.25, 0.3) is 5.91 Å². The fourth-order valence-corrected chi connectivity index (χ4v) is 4.96. The standard InChI is InChI=1S/C26H32ClN5O3/c1-25(2)10-9-17(22(33)31-25)13-26(3,14-28)32-24(35)19(11-15-7-8-15)30-23(34)20-12-16-5-4-6-18(27)21(16)29-20/h4-6,12,15,17,19,29H,7-11,13H2,1-3H3,(H,30,34)(H,31,33)(H,32,35). The Morgan fingerprint density at radius 2 is 2.06 bits per heavy atom. The maximum absolute atomic E-state index is 13.3. The molecule has 8 nitrogen and oxygen atoms in total. The first-order valence-electron chi connectivity index (χ1n) is 12.1. The van der Waals surface area contributed by atoms with Crippen molar-refractivity contribution in [1.82, 2.24) is 20.9 Å². The van der Waals surface area contributed by atoms with Crippen LogP contribution in [0.25, 0.3) is 10.9 Å². The van der Waals surface area contributed by atoms with Gasteiger partial charge in [-0.2, -0.15) is 5.26 Å². The molecule has 4 rings (SSSR count). The molecule has 35 heavy (non-hydrogen) atoms. The Labute approximate surface area is 210 Å². The summed E-state index contributed by atoms with van der Waals surface area (Å²) in [6.07, 6.45) is 4.18. The van der Waals surface area contributed by atoms with Crippen LogP contribution < -0.4 is 16.0 Å². The molecule has 3 amide bonds. The Balaban J connectivity index is 1.45. The third kappa shape index (κ3) is 5.96. The summed E-state index contributed by atoms with van der Waals surface area (Å²) in [6, 6.07) is 8.49. The van der Waals surface area contributed by atoms with E-state index < -0.39 is 23.4 Å². The average Bonchev–Trinajstić information content (AvgIpc) is 3.49. The second-order valence-corrected chi connectivity index (χ2v) is 11.2. The SMILES string of the molecule is CC1(C)CCC(CC(C)(C#N)NC(=O)C(CC2CC2)NC(=O)c2cc3cccc(Cl)c3[nH]2)C(=O)N1. The molecule has 2 fully saturated rings. The van der Waals surface area contributed by atoms with Gasteiger partial charge in [0.15, 0.2) is 0 Å². The molecule has 1 aromatic heterocycles. The topological polar surface area (TPSA) is 127 Å². The van der Waals surface area contributed by atoms with Crippen LogP contribution in [0.3, 0.4) is 0 Å². The van der Waals surface area contributed by atoms with Crippen molar-refractivity contribution in [2.24, 2.45) is 11.8 Å². The third-order valence-corrected chi connectivity index (χ3v) is 7.30. The number of nitriles is 1. The highest BCUT2D eigenvalue weighted by Gasteiger charge is 2.40. The van der Waals surface area contributed by atoms with Gasteiger partial charge in [0.05, 0.1) is 16.6 Å². The van der Waals surface area contributed by atoms with Gasteiger partial charge < -0.3 is 20.9 Å². The molecule has 3 unspecified atom stereocenters. The largest absolute Gasteiger partial charge is 0.351 e. The molecule has 3 atom stereocenters. The summed E-state index contributed by atoms with van der Waals surface area (Å²) < 4.78 is 0. The van der Waals surface area contributed by atoms with Gasteiger partial charge in [0.1, 0.15) is 17.3 Å². The Bertz CT molecular complexity index is 1200. The fourth-order valence-electron chi connectivity index (χ4n) is 4.73. The maximum Gasteiger partial charge on any atom is 0.268 e. The quantitative estimate of drug-likeness (QED) is 0.442. The molecule has 9 heteroatoms. The van der Waals surface area contributed by atoms with Crippen LogP contribution >= 0.6 is 11.6 Å². The number of hydrogen-bond acceptors (Lipinski definition) is 4. The molecular weight excluding hydrogens is 466 g/mol. The third-order valence-electron chi connectivity index (χ3n) is 6.99. The number of nitrogens with one attached hydrogen (secondary N) is 4. The van der Waals surface area contributed by atoms with Crippen LogP contribution in [-0.4, -0.2) is 39.8 Å². The first-order chi connectivity index (χ1) is 16.5. The number of piperidine rings is 1. The van der Waals surface area contributed by atoms with E-state index >= 15 is 0 Å². The van der Waals surface area contributed by atoms with Crippen molar-refractivity contribution >= 4 is 40.2 Å². The number of hydrogen-bond donors (Lipinski definition) is 4. The lowest BCUT2D eigenvalue weighted by atomic mass is 9.80. The molecule has 2 aliphatic rings. The fraction of sp³-hybridized carbons (Fsp3) is 0.538. The van der Waals surface area contributed by atoms with Gasteiger partial charge in [-0.25, -0.2) is 0 Å². The summed E-state index contributed by atoms with van der Waals surface area (Å²) in [5, 5.41) is 19.9. The number of nitrogens with zero attached hydrogens (tertiary/aromatic N) is 1. The summed E-state index contributed by atoms with van der Waals surface area (Å²) in [4.78, 5) is 41.9. The van der Waals surface area contributed by atoms with Gasteiger partial charge in [-0.3, -0.25) is 14.4 Å². The van der Waals surface area contributed by atoms with E-state index in [1.165, 1.54) is 0 Å². The number of aromatic nitrogens is 1. The minimum Gasteiger partial charge on any atom is -0.351 e.